The fourth-order valence-corrected chi connectivity index (χ4v) is 17.4. The molecule has 0 spiro atoms. The third kappa shape index (κ3) is 32.3. The lowest BCUT2D eigenvalue weighted by Crippen LogP contribution is -2.21. The molecular formula is C83H74F12O13S8. The molecule has 0 fully saturated rings. The highest BCUT2D eigenvalue weighted by Gasteiger charge is 2.40. The Kier molecular flexibility index (Phi) is 37.1. The van der Waals surface area contributed by atoms with E-state index in [1.807, 2.05) is 12.1 Å². The Hall–Kier alpha value is -9.36. The van der Waals surface area contributed by atoms with E-state index in [4.69, 9.17) is 56.6 Å². The van der Waals surface area contributed by atoms with Crippen molar-refractivity contribution >= 4 is 84.1 Å². The molecule has 0 radical (unpaired) electrons. The fraction of sp³-hybridized carbons (Fsp3) is 0.133. The lowest BCUT2D eigenvalue weighted by atomic mass is 10.2. The largest absolute Gasteiger partial charge is 0.741 e. The first-order chi connectivity index (χ1) is 54.1. The smallest absolute Gasteiger partial charge is 0.485 e. The van der Waals surface area contributed by atoms with Crippen molar-refractivity contribution in [2.75, 3.05) is 7.11 Å². The zero-order valence-electron chi connectivity index (χ0n) is 62.2. The van der Waals surface area contributed by atoms with Gasteiger partial charge in [-0.1, -0.05) is 197 Å². The van der Waals surface area contributed by atoms with Gasteiger partial charge in [0.15, 0.2) is 99.2 Å². The maximum Gasteiger partial charge on any atom is 0.485 e. The highest BCUT2D eigenvalue weighted by atomic mass is 32.2. The molecule has 0 aliphatic rings. The van der Waals surface area contributed by atoms with Crippen LogP contribution in [-0.4, -0.2) is 81.0 Å². The predicted molar refractivity (Wildman–Crippen MR) is 424 cm³/mol. The standard InChI is InChI=1S/C21H21S.C20H19S.C19H17OS.C19H17S.4CHF3O3S/c1-16-4-10-19(11-5-16)22(20-12-6-17(2)7-13-20)21-14-8-18(3)9-15-21;1-16-8-12-19(13-9-16)21(18-6-4-3-5-7-18)20-14-10-17(2)11-15-20;1-20-16-12-14-19(15-13-16)21(17-8-4-2-5-9-17)18-10-6-3-7-11-18;1-16-12-14-19(15-13-16)20(17-8-4-2-5-9-17)18-10-6-3-7-11-18;4*2-1(3,4)8(5,6)7/h4-15H,1-3H3;3-15H,1-2H3;2-15H,1H3;2-15H,1H3;4*(H,5,6,7)/q4*+1;;;;/p-4. The number of hydrogen-bond acceptors (Lipinski definition) is 13. The molecule has 0 atom stereocenters. The molecule has 12 rings (SSSR count). The van der Waals surface area contributed by atoms with Crippen LogP contribution >= 0.6 is 0 Å². The van der Waals surface area contributed by atoms with E-state index >= 15 is 0 Å². The van der Waals surface area contributed by atoms with E-state index in [0.717, 1.165) is 5.75 Å². The molecule has 616 valence electrons. The monoisotopic (exact) mass is 1760 g/mol. The minimum atomic E-state index is -6.09. The summed E-state index contributed by atoms with van der Waals surface area (Å²) in [6, 6.07) is 115. The van der Waals surface area contributed by atoms with Crippen LogP contribution in [0.25, 0.3) is 0 Å². The minimum Gasteiger partial charge on any atom is -0.741 e. The summed E-state index contributed by atoms with van der Waals surface area (Å²) < 4.78 is 241. The quantitative estimate of drug-likeness (QED) is 0.0452. The van der Waals surface area contributed by atoms with Gasteiger partial charge in [-0.3, -0.25) is 0 Å². The van der Waals surface area contributed by atoms with E-state index in [-0.39, 0.29) is 43.6 Å². The summed E-state index contributed by atoms with van der Waals surface area (Å²) in [7, 11) is -22.8. The van der Waals surface area contributed by atoms with Gasteiger partial charge >= 0.3 is 22.0 Å². The van der Waals surface area contributed by atoms with Crippen molar-refractivity contribution in [3.63, 3.8) is 0 Å². The van der Waals surface area contributed by atoms with Gasteiger partial charge in [0.05, 0.1) is 50.7 Å². The number of ether oxygens (including phenoxy) is 1. The van der Waals surface area contributed by atoms with Crippen LogP contribution in [0.2, 0.25) is 0 Å². The molecule has 0 aliphatic carbocycles. The van der Waals surface area contributed by atoms with Crippen molar-refractivity contribution in [1.82, 2.24) is 0 Å². The number of aryl methyl sites for hydroxylation is 6. The highest BCUT2D eigenvalue weighted by molar-refractivity contribution is 7.98. The summed E-state index contributed by atoms with van der Waals surface area (Å²) in [5.74, 6) is 0.892. The average Bonchev–Trinajstić information content (AvgIpc) is 0.818. The van der Waals surface area contributed by atoms with E-state index in [2.05, 4.69) is 351 Å². The summed E-state index contributed by atoms with van der Waals surface area (Å²) in [4.78, 5) is 16.3. The lowest BCUT2D eigenvalue weighted by Gasteiger charge is -2.09. The number of halogens is 12. The van der Waals surface area contributed by atoms with E-state index < -0.39 is 62.5 Å². The molecule has 0 aliphatic heterocycles. The Morgan fingerprint density at radius 3 is 0.414 bits per heavy atom. The predicted octanol–water partition coefficient (Wildman–Crippen LogP) is 21.2. The first kappa shape index (κ1) is 97.2. The van der Waals surface area contributed by atoms with Crippen LogP contribution in [0.15, 0.2) is 380 Å². The molecule has 0 unspecified atom stereocenters. The molecule has 0 saturated heterocycles. The molecular weight excluding hydrogens is 1690 g/mol. The Bertz CT molecular complexity index is 5010. The van der Waals surface area contributed by atoms with E-state index in [1.54, 1.807) is 7.11 Å². The average molecular weight is 1760 g/mol. The molecule has 116 heavy (non-hydrogen) atoms. The van der Waals surface area contributed by atoms with Crippen molar-refractivity contribution in [1.29, 1.82) is 0 Å². The van der Waals surface area contributed by atoms with Gasteiger partial charge in [0.25, 0.3) is 0 Å². The lowest BCUT2D eigenvalue weighted by molar-refractivity contribution is -0.0522. The van der Waals surface area contributed by atoms with Crippen molar-refractivity contribution in [2.24, 2.45) is 0 Å². The molecule has 0 amide bonds. The molecule has 13 nitrogen and oxygen atoms in total. The fourth-order valence-electron chi connectivity index (χ4n) is 9.17. The number of alkyl halides is 12. The van der Waals surface area contributed by atoms with Gasteiger partial charge in [0.2, 0.25) is 0 Å². The summed E-state index contributed by atoms with van der Waals surface area (Å²) in [6.07, 6.45) is 0. The van der Waals surface area contributed by atoms with Crippen molar-refractivity contribution < 1.29 is 109 Å². The molecule has 12 aromatic carbocycles. The van der Waals surface area contributed by atoms with Crippen molar-refractivity contribution in [2.45, 2.75) is 122 Å². The number of methoxy groups -OCH3 is 1. The molecule has 0 N–H and O–H groups in total. The maximum absolute atomic E-state index is 10.7. The zero-order valence-corrected chi connectivity index (χ0v) is 68.7. The summed E-state index contributed by atoms with van der Waals surface area (Å²) >= 11 is 0. The van der Waals surface area contributed by atoms with E-state index in [0.29, 0.717) is 0 Å². The second-order valence-electron chi connectivity index (χ2n) is 23.9. The van der Waals surface area contributed by atoms with Gasteiger partial charge in [0, 0.05) is 0 Å². The molecule has 33 heteroatoms. The molecule has 0 saturated carbocycles. The number of hydrogen-bond donors (Lipinski definition) is 0. The first-order valence-corrected chi connectivity index (χ1v) is 44.0. The Morgan fingerprint density at radius 2 is 0.310 bits per heavy atom. The van der Waals surface area contributed by atoms with E-state index in [1.165, 1.54) is 92.1 Å². The first-order valence-electron chi connectivity index (χ1n) is 33.4. The van der Waals surface area contributed by atoms with Crippen LogP contribution in [0, 0.1) is 41.5 Å². The van der Waals surface area contributed by atoms with Gasteiger partial charge in [-0.05, 0) is 199 Å². The molecule has 12 aromatic rings. The minimum absolute atomic E-state index is 0.0229. The van der Waals surface area contributed by atoms with E-state index in [9.17, 15) is 52.7 Å². The second-order valence-corrected chi connectivity index (χ2v) is 37.5. The SMILES string of the molecule is COc1ccc([S+](c2ccccc2)c2ccccc2)cc1.Cc1ccc([S+](c2ccc(C)cc2)c2ccc(C)cc2)cc1.Cc1ccc([S+](c2ccccc2)c2ccc(C)cc2)cc1.Cc1ccc([S+](c2ccccc2)c2ccccc2)cc1.O=S(=O)([O-])C(F)(F)F.O=S(=O)([O-])C(F)(F)F.O=S(=O)([O-])C(F)(F)F.O=S(=O)([O-])C(F)(F)F. The topological polar surface area (TPSA) is 238 Å². The Morgan fingerprint density at radius 1 is 0.207 bits per heavy atom. The normalized spacial score (nSPS) is 11.6. The third-order valence-corrected chi connectivity index (χ3v) is 26.1. The van der Waals surface area contributed by atoms with Gasteiger partial charge in [-0.25, -0.2) is 33.7 Å². The van der Waals surface area contributed by atoms with Crippen molar-refractivity contribution in [3.05, 3.63) is 355 Å². The van der Waals surface area contributed by atoms with Crippen molar-refractivity contribution in [3.8, 4) is 5.75 Å². The summed E-state index contributed by atoms with van der Waals surface area (Å²) in [5.41, 5.74) is -14.8. The van der Waals surface area contributed by atoms with Crippen LogP contribution in [0.4, 0.5) is 52.7 Å². The molecule has 0 heterocycles. The third-order valence-electron chi connectivity index (χ3n) is 14.9. The maximum atomic E-state index is 10.7. The van der Waals surface area contributed by atoms with Gasteiger partial charge in [-0.2, -0.15) is 52.7 Å². The van der Waals surface area contributed by atoms with Gasteiger partial charge in [-0.15, -0.1) is 0 Å². The van der Waals surface area contributed by atoms with Crippen LogP contribution in [0.3, 0.4) is 0 Å². The number of benzene rings is 12. The summed E-state index contributed by atoms with van der Waals surface area (Å²) in [5, 5.41) is 0. The highest BCUT2D eigenvalue weighted by Crippen LogP contribution is 2.37. The van der Waals surface area contributed by atoms with Crippen LogP contribution in [-0.2, 0) is 84.1 Å². The Labute approximate surface area is 678 Å². The zero-order chi connectivity index (χ0) is 86.5. The van der Waals surface area contributed by atoms with Crippen LogP contribution < -0.4 is 4.74 Å². The Balaban J connectivity index is 0.000000246. The van der Waals surface area contributed by atoms with Crippen LogP contribution in [0.1, 0.15) is 33.4 Å². The van der Waals surface area contributed by atoms with Gasteiger partial charge in [0.1, 0.15) is 5.75 Å². The molecule has 0 aromatic heterocycles. The van der Waals surface area contributed by atoms with Crippen LogP contribution in [0.5, 0.6) is 5.75 Å². The van der Waals surface area contributed by atoms with Gasteiger partial charge < -0.3 is 22.9 Å². The molecule has 0 bridgehead atoms. The second kappa shape index (κ2) is 44.3. The number of rotatable bonds is 13. The summed E-state index contributed by atoms with van der Waals surface area (Å²) in [6.45, 7) is 12.8.